The molecule has 1 N–H and O–H groups in total. The van der Waals surface area contributed by atoms with E-state index in [-0.39, 0.29) is 5.91 Å². The fourth-order valence-electron chi connectivity index (χ4n) is 1.88. The van der Waals surface area contributed by atoms with Crippen molar-refractivity contribution in [2.75, 3.05) is 13.2 Å². The number of hydrogen-bond acceptors (Lipinski definition) is 3. The lowest BCUT2D eigenvalue weighted by Gasteiger charge is -2.09. The summed E-state index contributed by atoms with van der Waals surface area (Å²) >= 11 is 4.90. The first-order chi connectivity index (χ1) is 8.16. The van der Waals surface area contributed by atoms with E-state index in [4.69, 9.17) is 4.74 Å². The summed E-state index contributed by atoms with van der Waals surface area (Å²) < 4.78 is 6.54. The van der Waals surface area contributed by atoms with Gasteiger partial charge in [0.15, 0.2) is 0 Å². The van der Waals surface area contributed by atoms with Gasteiger partial charge in [0.05, 0.1) is 14.8 Å². The molecule has 1 aliphatic heterocycles. The number of hydrogen-bond donors (Lipinski definition) is 1. The van der Waals surface area contributed by atoms with E-state index < -0.39 is 0 Å². The van der Waals surface area contributed by atoms with Crippen LogP contribution in [-0.2, 0) is 4.74 Å². The molecular formula is C12H16BrNO2S. The van der Waals surface area contributed by atoms with Gasteiger partial charge in [-0.15, -0.1) is 11.3 Å². The van der Waals surface area contributed by atoms with E-state index in [1.165, 1.54) is 11.3 Å². The summed E-state index contributed by atoms with van der Waals surface area (Å²) in [6.45, 7) is 3.55. The zero-order chi connectivity index (χ0) is 12.3. The Morgan fingerprint density at radius 2 is 2.53 bits per heavy atom. The predicted octanol–water partition coefficient (Wildman–Crippen LogP) is 3.12. The number of halogens is 1. The summed E-state index contributed by atoms with van der Waals surface area (Å²) in [6.07, 6.45) is 3.53. The van der Waals surface area contributed by atoms with Crippen molar-refractivity contribution in [1.82, 2.24) is 5.32 Å². The van der Waals surface area contributed by atoms with E-state index in [1.807, 2.05) is 13.0 Å². The predicted molar refractivity (Wildman–Crippen MR) is 72.7 cm³/mol. The molecule has 0 aliphatic carbocycles. The molecule has 1 aromatic rings. The Labute approximate surface area is 114 Å². The van der Waals surface area contributed by atoms with E-state index in [0.29, 0.717) is 12.6 Å². The molecule has 17 heavy (non-hydrogen) atoms. The second-order valence-electron chi connectivity index (χ2n) is 4.25. The van der Waals surface area contributed by atoms with Gasteiger partial charge in [-0.25, -0.2) is 0 Å². The Morgan fingerprint density at radius 3 is 3.12 bits per heavy atom. The molecule has 1 saturated heterocycles. The van der Waals surface area contributed by atoms with E-state index >= 15 is 0 Å². The SMILES string of the molecule is Cc1cc(C(=O)NCCC2CCCO2)sc1Br. The Kier molecular flexibility index (Phi) is 4.59. The second kappa shape index (κ2) is 5.98. The van der Waals surface area contributed by atoms with Crippen molar-refractivity contribution in [2.24, 2.45) is 0 Å². The number of amides is 1. The van der Waals surface area contributed by atoms with Crippen LogP contribution in [0.1, 0.15) is 34.5 Å². The van der Waals surface area contributed by atoms with Crippen molar-refractivity contribution in [1.29, 1.82) is 0 Å². The molecule has 2 rings (SSSR count). The molecule has 1 atom stereocenters. The number of rotatable bonds is 4. The number of nitrogens with one attached hydrogen (secondary N) is 1. The Balaban J connectivity index is 1.76. The van der Waals surface area contributed by atoms with Crippen molar-refractivity contribution in [3.05, 3.63) is 20.3 Å². The van der Waals surface area contributed by atoms with Gasteiger partial charge in [0.1, 0.15) is 0 Å². The van der Waals surface area contributed by atoms with Crippen LogP contribution in [0.5, 0.6) is 0 Å². The van der Waals surface area contributed by atoms with Crippen LogP contribution in [0.3, 0.4) is 0 Å². The molecule has 0 radical (unpaired) electrons. The van der Waals surface area contributed by atoms with Gasteiger partial charge < -0.3 is 10.1 Å². The largest absolute Gasteiger partial charge is 0.378 e. The zero-order valence-corrected chi connectivity index (χ0v) is 12.2. The summed E-state index contributed by atoms with van der Waals surface area (Å²) in [5.41, 5.74) is 1.11. The van der Waals surface area contributed by atoms with Crippen molar-refractivity contribution in [2.45, 2.75) is 32.3 Å². The number of carbonyl (C=O) groups excluding carboxylic acids is 1. The van der Waals surface area contributed by atoms with Crippen LogP contribution in [0.15, 0.2) is 9.85 Å². The van der Waals surface area contributed by atoms with Crippen LogP contribution in [0.2, 0.25) is 0 Å². The maximum Gasteiger partial charge on any atom is 0.261 e. The minimum absolute atomic E-state index is 0.0156. The molecular weight excluding hydrogens is 302 g/mol. The minimum atomic E-state index is 0.0156. The van der Waals surface area contributed by atoms with E-state index in [2.05, 4.69) is 21.2 Å². The van der Waals surface area contributed by atoms with Crippen molar-refractivity contribution in [3.8, 4) is 0 Å². The molecule has 0 bridgehead atoms. The lowest BCUT2D eigenvalue weighted by molar-refractivity contribution is 0.0910. The molecule has 0 spiro atoms. The smallest absolute Gasteiger partial charge is 0.261 e. The van der Waals surface area contributed by atoms with E-state index in [1.54, 1.807) is 0 Å². The topological polar surface area (TPSA) is 38.3 Å². The number of carbonyl (C=O) groups is 1. The van der Waals surface area contributed by atoms with E-state index in [0.717, 1.165) is 40.1 Å². The Hall–Kier alpha value is -0.390. The molecule has 1 fully saturated rings. The fraction of sp³-hybridized carbons (Fsp3) is 0.583. The van der Waals surface area contributed by atoms with Gasteiger partial charge in [-0.05, 0) is 53.7 Å². The van der Waals surface area contributed by atoms with Gasteiger partial charge in [0.25, 0.3) is 5.91 Å². The van der Waals surface area contributed by atoms with Crippen LogP contribution in [0.4, 0.5) is 0 Å². The highest BCUT2D eigenvalue weighted by Gasteiger charge is 2.16. The average molecular weight is 318 g/mol. The van der Waals surface area contributed by atoms with Gasteiger partial charge in [0, 0.05) is 13.2 Å². The molecule has 2 heterocycles. The van der Waals surface area contributed by atoms with Gasteiger partial charge >= 0.3 is 0 Å². The summed E-state index contributed by atoms with van der Waals surface area (Å²) in [5, 5.41) is 2.94. The molecule has 0 saturated carbocycles. The number of ether oxygens (including phenoxy) is 1. The number of thiophene rings is 1. The minimum Gasteiger partial charge on any atom is -0.378 e. The summed E-state index contributed by atoms with van der Waals surface area (Å²) in [7, 11) is 0. The van der Waals surface area contributed by atoms with Gasteiger partial charge in [-0.3, -0.25) is 4.79 Å². The van der Waals surface area contributed by atoms with Crippen molar-refractivity contribution >= 4 is 33.2 Å². The van der Waals surface area contributed by atoms with Crippen molar-refractivity contribution in [3.63, 3.8) is 0 Å². The highest BCUT2D eigenvalue weighted by molar-refractivity contribution is 9.11. The van der Waals surface area contributed by atoms with Gasteiger partial charge in [0.2, 0.25) is 0 Å². The summed E-state index contributed by atoms with van der Waals surface area (Å²) in [4.78, 5) is 12.6. The van der Waals surface area contributed by atoms with Gasteiger partial charge in [-0.2, -0.15) is 0 Å². The summed E-state index contributed by atoms with van der Waals surface area (Å²) in [5.74, 6) is 0.0156. The molecule has 1 aromatic heterocycles. The maximum absolute atomic E-state index is 11.8. The molecule has 94 valence electrons. The molecule has 0 aromatic carbocycles. The first-order valence-corrected chi connectivity index (χ1v) is 7.43. The standard InChI is InChI=1S/C12H16BrNO2S/c1-8-7-10(17-11(8)13)12(15)14-5-4-9-3-2-6-16-9/h7,9H,2-6H2,1H3,(H,14,15). The van der Waals surface area contributed by atoms with Crippen LogP contribution in [0, 0.1) is 6.92 Å². The van der Waals surface area contributed by atoms with Crippen LogP contribution >= 0.6 is 27.3 Å². The highest BCUT2D eigenvalue weighted by atomic mass is 79.9. The molecule has 1 aliphatic rings. The van der Waals surface area contributed by atoms with Gasteiger partial charge in [-0.1, -0.05) is 0 Å². The Bertz CT molecular complexity index is 380. The third-order valence-electron chi connectivity index (χ3n) is 2.86. The highest BCUT2D eigenvalue weighted by Crippen LogP contribution is 2.27. The first-order valence-electron chi connectivity index (χ1n) is 5.82. The van der Waals surface area contributed by atoms with Crippen LogP contribution in [0.25, 0.3) is 0 Å². The summed E-state index contributed by atoms with van der Waals surface area (Å²) in [6, 6.07) is 1.91. The molecule has 1 amide bonds. The first kappa shape index (κ1) is 13.1. The monoisotopic (exact) mass is 317 g/mol. The second-order valence-corrected chi connectivity index (χ2v) is 6.62. The zero-order valence-electron chi connectivity index (χ0n) is 9.79. The molecule has 5 heteroatoms. The normalized spacial score (nSPS) is 19.5. The molecule has 1 unspecified atom stereocenters. The third-order valence-corrected chi connectivity index (χ3v) is 4.99. The molecule has 3 nitrogen and oxygen atoms in total. The van der Waals surface area contributed by atoms with Crippen molar-refractivity contribution < 1.29 is 9.53 Å². The van der Waals surface area contributed by atoms with Crippen LogP contribution < -0.4 is 5.32 Å². The van der Waals surface area contributed by atoms with Crippen LogP contribution in [-0.4, -0.2) is 25.2 Å². The maximum atomic E-state index is 11.8. The lowest BCUT2D eigenvalue weighted by Crippen LogP contribution is -2.26. The lowest BCUT2D eigenvalue weighted by atomic mass is 10.2. The quantitative estimate of drug-likeness (QED) is 0.926. The Morgan fingerprint density at radius 1 is 1.71 bits per heavy atom. The third kappa shape index (κ3) is 3.53. The van der Waals surface area contributed by atoms with E-state index in [9.17, 15) is 4.79 Å². The average Bonchev–Trinajstić information content (AvgIpc) is 2.90. The fourth-order valence-corrected chi connectivity index (χ4v) is 3.33. The number of aryl methyl sites for hydroxylation is 1.